The third kappa shape index (κ3) is 5.31. The number of amides is 1. The van der Waals surface area contributed by atoms with Gasteiger partial charge in [0.05, 0.1) is 5.75 Å². The van der Waals surface area contributed by atoms with E-state index in [0.29, 0.717) is 0 Å². The molecule has 1 aromatic rings. The number of sulfone groups is 1. The summed E-state index contributed by atoms with van der Waals surface area (Å²) in [5.74, 6) is -3.52. The Morgan fingerprint density at radius 3 is 2.60 bits per heavy atom. The number of pyridine rings is 1. The van der Waals surface area contributed by atoms with E-state index in [1.807, 2.05) is 0 Å². The number of hydrogen-bond acceptors (Lipinski definition) is 5. The van der Waals surface area contributed by atoms with Crippen LogP contribution in [0, 0.1) is 5.95 Å². The van der Waals surface area contributed by atoms with Gasteiger partial charge in [-0.3, -0.25) is 4.79 Å². The number of aliphatic carboxylic acids is 1. The summed E-state index contributed by atoms with van der Waals surface area (Å²) in [4.78, 5) is 25.9. The normalized spacial score (nSPS) is 12.7. The summed E-state index contributed by atoms with van der Waals surface area (Å²) in [6.07, 6.45) is 0.678. The molecule has 1 atom stereocenters. The molecular weight excluding hydrogens is 291 g/mol. The molecule has 0 fully saturated rings. The minimum absolute atomic E-state index is 0.282. The number of hydrogen-bond donors (Lipinski definition) is 2. The molecule has 0 spiro atoms. The van der Waals surface area contributed by atoms with Crippen LogP contribution >= 0.6 is 0 Å². The highest BCUT2D eigenvalue weighted by atomic mass is 32.2. The summed E-state index contributed by atoms with van der Waals surface area (Å²) in [6.45, 7) is 0. The maximum Gasteiger partial charge on any atom is 0.326 e. The van der Waals surface area contributed by atoms with Gasteiger partial charge in [-0.1, -0.05) is 6.07 Å². The molecule has 110 valence electrons. The number of halogens is 1. The summed E-state index contributed by atoms with van der Waals surface area (Å²) in [7, 11) is -3.35. The van der Waals surface area contributed by atoms with Crippen molar-refractivity contribution in [2.75, 3.05) is 12.0 Å². The van der Waals surface area contributed by atoms with Crippen molar-refractivity contribution < 1.29 is 27.5 Å². The second-order valence-corrected chi connectivity index (χ2v) is 6.39. The number of carbonyl (C=O) groups excluding carboxylic acids is 1. The second kappa shape index (κ2) is 6.42. The SMILES string of the molecule is CS(=O)(=O)CCC(NC(=O)c1cccc(F)n1)C(=O)O. The molecular formula is C11H13FN2O5S. The van der Waals surface area contributed by atoms with Gasteiger partial charge in [0.2, 0.25) is 5.95 Å². The van der Waals surface area contributed by atoms with Crippen LogP contribution in [0.1, 0.15) is 16.9 Å². The first kappa shape index (κ1) is 16.0. The highest BCUT2D eigenvalue weighted by molar-refractivity contribution is 7.90. The average molecular weight is 304 g/mol. The zero-order valence-electron chi connectivity index (χ0n) is 10.5. The molecule has 1 rings (SSSR count). The largest absolute Gasteiger partial charge is 0.480 e. The van der Waals surface area contributed by atoms with Gasteiger partial charge in [-0.05, 0) is 18.6 Å². The zero-order valence-corrected chi connectivity index (χ0v) is 11.4. The highest BCUT2D eigenvalue weighted by Crippen LogP contribution is 2.02. The maximum absolute atomic E-state index is 12.8. The van der Waals surface area contributed by atoms with Gasteiger partial charge in [-0.2, -0.15) is 4.39 Å². The van der Waals surface area contributed by atoms with Crippen LogP contribution in [-0.4, -0.2) is 48.4 Å². The predicted octanol–water partition coefficient (Wildman–Crippen LogP) is -0.162. The van der Waals surface area contributed by atoms with Gasteiger partial charge in [0.15, 0.2) is 0 Å². The Morgan fingerprint density at radius 1 is 1.45 bits per heavy atom. The van der Waals surface area contributed by atoms with E-state index in [0.717, 1.165) is 12.3 Å². The van der Waals surface area contributed by atoms with Crippen molar-refractivity contribution in [1.82, 2.24) is 10.3 Å². The van der Waals surface area contributed by atoms with Crippen molar-refractivity contribution in [2.24, 2.45) is 0 Å². The number of nitrogens with one attached hydrogen (secondary N) is 1. The van der Waals surface area contributed by atoms with Gasteiger partial charge < -0.3 is 10.4 Å². The minimum Gasteiger partial charge on any atom is -0.480 e. The second-order valence-electron chi connectivity index (χ2n) is 4.13. The van der Waals surface area contributed by atoms with Crippen molar-refractivity contribution in [3.8, 4) is 0 Å². The van der Waals surface area contributed by atoms with Crippen molar-refractivity contribution in [1.29, 1.82) is 0 Å². The standard InChI is InChI=1S/C11H13FN2O5S/c1-20(18,19)6-5-8(11(16)17)14-10(15)7-3-2-4-9(12)13-7/h2-4,8H,5-6H2,1H3,(H,14,15)(H,16,17). The maximum atomic E-state index is 12.8. The van der Waals surface area contributed by atoms with Gasteiger partial charge in [-0.25, -0.2) is 18.2 Å². The predicted molar refractivity (Wildman–Crippen MR) is 67.4 cm³/mol. The summed E-state index contributed by atoms with van der Waals surface area (Å²) in [6, 6.07) is 2.12. The first-order valence-corrected chi connectivity index (χ1v) is 7.59. The van der Waals surface area contributed by atoms with E-state index in [1.165, 1.54) is 12.1 Å². The van der Waals surface area contributed by atoms with Crippen LogP contribution in [-0.2, 0) is 14.6 Å². The fraction of sp³-hybridized carbons (Fsp3) is 0.364. The topological polar surface area (TPSA) is 113 Å². The first-order valence-electron chi connectivity index (χ1n) is 5.53. The highest BCUT2D eigenvalue weighted by Gasteiger charge is 2.22. The van der Waals surface area contributed by atoms with Gasteiger partial charge in [0.1, 0.15) is 21.6 Å². The molecule has 0 radical (unpaired) electrons. The Bertz CT molecular complexity index is 617. The molecule has 0 saturated carbocycles. The van der Waals surface area contributed by atoms with Gasteiger partial charge in [0.25, 0.3) is 5.91 Å². The molecule has 0 aliphatic rings. The fourth-order valence-electron chi connectivity index (χ4n) is 1.36. The molecule has 0 aliphatic carbocycles. The average Bonchev–Trinajstić information content (AvgIpc) is 2.32. The Hall–Kier alpha value is -2.03. The Kier molecular flexibility index (Phi) is 5.14. The van der Waals surface area contributed by atoms with Crippen LogP contribution in [0.3, 0.4) is 0 Å². The summed E-state index contributed by atoms with van der Waals surface area (Å²) in [5, 5.41) is 11.0. The van der Waals surface area contributed by atoms with Crippen LogP contribution in [0.4, 0.5) is 4.39 Å². The Balaban J connectivity index is 2.75. The minimum atomic E-state index is -3.35. The molecule has 20 heavy (non-hydrogen) atoms. The molecule has 9 heteroatoms. The van der Waals surface area contributed by atoms with Crippen molar-refractivity contribution in [2.45, 2.75) is 12.5 Å². The van der Waals surface area contributed by atoms with E-state index in [1.54, 1.807) is 0 Å². The van der Waals surface area contributed by atoms with Crippen LogP contribution in [0.25, 0.3) is 0 Å². The molecule has 1 aromatic heterocycles. The van der Waals surface area contributed by atoms with E-state index >= 15 is 0 Å². The van der Waals surface area contributed by atoms with Crippen molar-refractivity contribution in [3.05, 3.63) is 29.8 Å². The van der Waals surface area contributed by atoms with Gasteiger partial charge in [-0.15, -0.1) is 0 Å². The fourth-order valence-corrected chi connectivity index (χ4v) is 2.02. The van der Waals surface area contributed by atoms with E-state index < -0.39 is 33.7 Å². The summed E-state index contributed by atoms with van der Waals surface area (Å²) < 4.78 is 34.8. The van der Waals surface area contributed by atoms with Gasteiger partial charge >= 0.3 is 5.97 Å². The lowest BCUT2D eigenvalue weighted by atomic mass is 10.2. The first-order chi connectivity index (χ1) is 9.19. The molecule has 0 aliphatic heterocycles. The van der Waals surface area contributed by atoms with Crippen molar-refractivity contribution >= 4 is 21.7 Å². The molecule has 1 heterocycles. The molecule has 0 saturated heterocycles. The lowest BCUT2D eigenvalue weighted by Gasteiger charge is -2.13. The van der Waals surface area contributed by atoms with E-state index in [4.69, 9.17) is 5.11 Å². The zero-order chi connectivity index (χ0) is 15.3. The number of aromatic nitrogens is 1. The quantitative estimate of drug-likeness (QED) is 0.706. The van der Waals surface area contributed by atoms with Crippen molar-refractivity contribution in [3.63, 3.8) is 0 Å². The molecule has 7 nitrogen and oxygen atoms in total. The molecule has 1 unspecified atom stereocenters. The van der Waals surface area contributed by atoms with E-state index in [2.05, 4.69) is 10.3 Å². The molecule has 1 amide bonds. The molecule has 0 bridgehead atoms. The molecule has 2 N–H and O–H groups in total. The number of carbonyl (C=O) groups is 2. The monoisotopic (exact) mass is 304 g/mol. The number of carboxylic acid groups (broad SMARTS) is 1. The van der Waals surface area contributed by atoms with Crippen LogP contribution in [0.2, 0.25) is 0 Å². The smallest absolute Gasteiger partial charge is 0.326 e. The lowest BCUT2D eigenvalue weighted by Crippen LogP contribution is -2.42. The van der Waals surface area contributed by atoms with Crippen LogP contribution in [0.15, 0.2) is 18.2 Å². The Morgan fingerprint density at radius 2 is 2.10 bits per heavy atom. The number of carboxylic acids is 1. The summed E-state index contributed by atoms with van der Waals surface area (Å²) >= 11 is 0. The number of nitrogens with zero attached hydrogens (tertiary/aromatic N) is 1. The third-order valence-corrected chi connectivity index (χ3v) is 3.31. The van der Waals surface area contributed by atoms with Crippen LogP contribution in [0.5, 0.6) is 0 Å². The summed E-state index contributed by atoms with van der Waals surface area (Å²) in [5.41, 5.74) is -0.282. The van der Waals surface area contributed by atoms with Crippen LogP contribution < -0.4 is 5.32 Å². The molecule has 0 aromatic carbocycles. The lowest BCUT2D eigenvalue weighted by molar-refractivity contribution is -0.139. The number of rotatable bonds is 6. The van der Waals surface area contributed by atoms with E-state index in [9.17, 15) is 22.4 Å². The Labute approximate surface area is 114 Å². The third-order valence-electron chi connectivity index (χ3n) is 2.33. The van der Waals surface area contributed by atoms with E-state index in [-0.39, 0.29) is 17.9 Å². The van der Waals surface area contributed by atoms with Gasteiger partial charge in [0, 0.05) is 6.26 Å².